The van der Waals surface area contributed by atoms with Crippen molar-refractivity contribution in [2.24, 2.45) is 7.05 Å². The van der Waals surface area contributed by atoms with Gasteiger partial charge in [-0.05, 0) is 21.5 Å². The number of ether oxygens (including phenoxy) is 1. The summed E-state index contributed by atoms with van der Waals surface area (Å²) in [4.78, 5) is 12.4. The Morgan fingerprint density at radius 1 is 1.39 bits per heavy atom. The van der Waals surface area contributed by atoms with Crippen molar-refractivity contribution in [3.63, 3.8) is 0 Å². The molecule has 0 aliphatic rings. The van der Waals surface area contributed by atoms with Crippen molar-refractivity contribution in [2.45, 2.75) is 6.10 Å². The molecule has 0 amide bonds. The molecular formula is C12H12BrN3O2. The highest BCUT2D eigenvalue weighted by Crippen LogP contribution is 2.24. The number of hydrogen-bond acceptors (Lipinski definition) is 4. The molecule has 2 aromatic rings. The van der Waals surface area contributed by atoms with Crippen LogP contribution in [0.1, 0.15) is 22.2 Å². The van der Waals surface area contributed by atoms with Gasteiger partial charge >= 0.3 is 0 Å². The quantitative estimate of drug-likeness (QED) is 0.812. The summed E-state index contributed by atoms with van der Waals surface area (Å²) >= 11 is 3.22. The lowest BCUT2D eigenvalue weighted by atomic mass is 10.0. The zero-order valence-corrected chi connectivity index (χ0v) is 11.6. The average Bonchev–Trinajstić information content (AvgIpc) is 2.71. The first kappa shape index (κ1) is 12.9. The molecule has 1 aromatic carbocycles. The molecule has 0 saturated heterocycles. The maximum Gasteiger partial charge on any atom is 0.216 e. The van der Waals surface area contributed by atoms with E-state index in [1.165, 1.54) is 11.8 Å². The van der Waals surface area contributed by atoms with Crippen LogP contribution in [0, 0.1) is 0 Å². The zero-order chi connectivity index (χ0) is 13.1. The van der Waals surface area contributed by atoms with Crippen LogP contribution in [0.25, 0.3) is 0 Å². The number of ketones is 1. The van der Waals surface area contributed by atoms with Gasteiger partial charge in [0.15, 0.2) is 4.60 Å². The summed E-state index contributed by atoms with van der Waals surface area (Å²) in [6.07, 6.45) is -0.653. The minimum absolute atomic E-state index is 0.178. The summed E-state index contributed by atoms with van der Waals surface area (Å²) in [6, 6.07) is 9.33. The van der Waals surface area contributed by atoms with Gasteiger partial charge in [0, 0.05) is 14.2 Å². The van der Waals surface area contributed by atoms with Crippen LogP contribution in [-0.2, 0) is 11.8 Å². The van der Waals surface area contributed by atoms with Gasteiger partial charge in [-0.1, -0.05) is 35.5 Å². The largest absolute Gasteiger partial charge is 0.368 e. The molecule has 0 N–H and O–H groups in total. The highest BCUT2D eigenvalue weighted by Gasteiger charge is 2.27. The van der Waals surface area contributed by atoms with Crippen molar-refractivity contribution >= 4 is 21.7 Å². The summed E-state index contributed by atoms with van der Waals surface area (Å²) in [7, 11) is 3.18. The molecule has 94 valence electrons. The molecule has 5 nitrogen and oxygen atoms in total. The number of nitrogens with zero attached hydrogens (tertiary/aromatic N) is 3. The molecule has 0 bridgehead atoms. The van der Waals surface area contributed by atoms with Crippen molar-refractivity contribution < 1.29 is 9.53 Å². The third kappa shape index (κ3) is 2.34. The highest BCUT2D eigenvalue weighted by atomic mass is 79.9. The highest BCUT2D eigenvalue weighted by molar-refractivity contribution is 9.10. The Kier molecular flexibility index (Phi) is 3.88. The van der Waals surface area contributed by atoms with Gasteiger partial charge in [0.2, 0.25) is 5.78 Å². The van der Waals surface area contributed by atoms with Crippen molar-refractivity contribution in [2.75, 3.05) is 7.11 Å². The lowest BCUT2D eigenvalue weighted by Crippen LogP contribution is -2.18. The van der Waals surface area contributed by atoms with Crippen LogP contribution < -0.4 is 0 Å². The van der Waals surface area contributed by atoms with Crippen molar-refractivity contribution in [1.82, 2.24) is 15.0 Å². The fraction of sp³-hybridized carbons (Fsp3) is 0.250. The van der Waals surface area contributed by atoms with E-state index in [0.29, 0.717) is 10.3 Å². The third-order valence-electron chi connectivity index (χ3n) is 2.60. The third-order valence-corrected chi connectivity index (χ3v) is 3.13. The summed E-state index contributed by atoms with van der Waals surface area (Å²) in [5.74, 6) is -0.178. The molecule has 0 spiro atoms. The molecular weight excluding hydrogens is 298 g/mol. The first-order chi connectivity index (χ1) is 8.65. The van der Waals surface area contributed by atoms with Crippen LogP contribution in [0.15, 0.2) is 34.9 Å². The SMILES string of the molecule is COC(C(=O)c1c(Br)nnn1C)c1ccccc1. The van der Waals surface area contributed by atoms with Crippen molar-refractivity contribution in [1.29, 1.82) is 0 Å². The Hall–Kier alpha value is -1.53. The average molecular weight is 310 g/mol. The fourth-order valence-corrected chi connectivity index (χ4v) is 2.26. The molecule has 0 radical (unpaired) electrons. The number of aromatic nitrogens is 3. The lowest BCUT2D eigenvalue weighted by Gasteiger charge is -2.14. The molecule has 1 aromatic heterocycles. The van der Waals surface area contributed by atoms with Gasteiger partial charge in [-0.15, -0.1) is 5.10 Å². The standard InChI is InChI=1S/C12H12BrN3O2/c1-16-9(12(13)14-15-16)10(17)11(18-2)8-6-4-3-5-7-8/h3-7,11H,1-2H3. The number of Topliss-reactive ketones (excluding diaryl/α,β-unsaturated/α-hetero) is 1. The Bertz CT molecular complexity index is 534. The lowest BCUT2D eigenvalue weighted by molar-refractivity contribution is 0.0593. The van der Waals surface area contributed by atoms with Gasteiger partial charge in [0.25, 0.3) is 0 Å². The van der Waals surface area contributed by atoms with E-state index in [1.807, 2.05) is 30.3 Å². The molecule has 1 unspecified atom stereocenters. The van der Waals surface area contributed by atoms with Crippen LogP contribution in [-0.4, -0.2) is 27.9 Å². The monoisotopic (exact) mass is 309 g/mol. The number of rotatable bonds is 4. The first-order valence-corrected chi connectivity index (χ1v) is 6.11. The van der Waals surface area contributed by atoms with Crippen LogP contribution in [0.5, 0.6) is 0 Å². The maximum atomic E-state index is 12.4. The fourth-order valence-electron chi connectivity index (χ4n) is 1.74. The first-order valence-electron chi connectivity index (χ1n) is 5.32. The van der Waals surface area contributed by atoms with Gasteiger partial charge in [0.05, 0.1) is 0 Å². The van der Waals surface area contributed by atoms with E-state index < -0.39 is 6.10 Å². The van der Waals surface area contributed by atoms with E-state index in [9.17, 15) is 4.79 Å². The van der Waals surface area contributed by atoms with Crippen molar-refractivity contribution in [3.8, 4) is 0 Å². The Morgan fingerprint density at radius 3 is 2.56 bits per heavy atom. The van der Waals surface area contributed by atoms with Gasteiger partial charge in [-0.25, -0.2) is 4.68 Å². The molecule has 1 heterocycles. The number of hydrogen-bond donors (Lipinski definition) is 0. The smallest absolute Gasteiger partial charge is 0.216 e. The van der Waals surface area contributed by atoms with Gasteiger partial charge < -0.3 is 4.74 Å². The number of carbonyl (C=O) groups excluding carboxylic acids is 1. The van der Waals surface area contributed by atoms with Crippen LogP contribution >= 0.6 is 15.9 Å². The molecule has 0 aliphatic carbocycles. The minimum Gasteiger partial charge on any atom is -0.368 e. The van der Waals surface area contributed by atoms with Crippen LogP contribution in [0.4, 0.5) is 0 Å². The molecule has 2 rings (SSSR count). The topological polar surface area (TPSA) is 57.0 Å². The number of methoxy groups -OCH3 is 1. The zero-order valence-electron chi connectivity index (χ0n) is 10.0. The number of aryl methyl sites for hydroxylation is 1. The molecule has 0 saturated carbocycles. The van der Waals surface area contributed by atoms with E-state index >= 15 is 0 Å². The molecule has 0 fully saturated rings. The normalized spacial score (nSPS) is 12.4. The molecule has 1 atom stereocenters. The second kappa shape index (κ2) is 5.41. The minimum atomic E-state index is -0.653. The summed E-state index contributed by atoms with van der Waals surface area (Å²) < 4.78 is 7.15. The van der Waals surface area contributed by atoms with E-state index in [2.05, 4.69) is 26.2 Å². The van der Waals surface area contributed by atoms with Gasteiger partial charge in [-0.3, -0.25) is 4.79 Å². The van der Waals surface area contributed by atoms with E-state index in [-0.39, 0.29) is 5.78 Å². The second-order valence-corrected chi connectivity index (χ2v) is 4.49. The predicted octanol–water partition coefficient (Wildman–Crippen LogP) is 2.15. The molecule has 6 heteroatoms. The van der Waals surface area contributed by atoms with Crippen LogP contribution in [0.3, 0.4) is 0 Å². The summed E-state index contributed by atoms with van der Waals surface area (Å²) in [5, 5.41) is 7.59. The van der Waals surface area contributed by atoms with E-state index in [0.717, 1.165) is 5.56 Å². The number of carbonyl (C=O) groups is 1. The summed E-state index contributed by atoms with van der Waals surface area (Å²) in [6.45, 7) is 0. The van der Waals surface area contributed by atoms with E-state index in [4.69, 9.17) is 4.74 Å². The van der Waals surface area contributed by atoms with Gasteiger partial charge in [0.1, 0.15) is 11.8 Å². The number of benzene rings is 1. The van der Waals surface area contributed by atoms with Gasteiger partial charge in [-0.2, -0.15) is 0 Å². The summed E-state index contributed by atoms with van der Waals surface area (Å²) in [5.41, 5.74) is 1.20. The van der Waals surface area contributed by atoms with Crippen molar-refractivity contribution in [3.05, 3.63) is 46.2 Å². The predicted molar refractivity (Wildman–Crippen MR) is 69.2 cm³/mol. The number of halogens is 1. The molecule has 0 aliphatic heterocycles. The Labute approximate surface area is 113 Å². The maximum absolute atomic E-state index is 12.4. The Balaban J connectivity index is 2.38. The van der Waals surface area contributed by atoms with Crippen LogP contribution in [0.2, 0.25) is 0 Å². The van der Waals surface area contributed by atoms with E-state index in [1.54, 1.807) is 7.05 Å². The Morgan fingerprint density at radius 2 is 2.06 bits per heavy atom. The molecule has 18 heavy (non-hydrogen) atoms. The second-order valence-electron chi connectivity index (χ2n) is 3.74.